The predicted octanol–water partition coefficient (Wildman–Crippen LogP) is 12.1. The first-order chi connectivity index (χ1) is 28.5. The minimum Gasteiger partial charge on any atom is -0.466 e. The molecule has 11 nitrogen and oxygen atoms in total. The van der Waals surface area contributed by atoms with E-state index in [9.17, 15) is 19.0 Å². The largest absolute Gasteiger partial charge is 0.472 e. The summed E-state index contributed by atoms with van der Waals surface area (Å²) >= 11 is 0. The first kappa shape index (κ1) is 52.7. The van der Waals surface area contributed by atoms with Gasteiger partial charge in [-0.15, -0.1) is 0 Å². The smallest absolute Gasteiger partial charge is 0.466 e. The van der Waals surface area contributed by atoms with Crippen molar-refractivity contribution >= 4 is 19.8 Å². The van der Waals surface area contributed by atoms with Gasteiger partial charge in [0.15, 0.2) is 6.10 Å². The van der Waals surface area contributed by atoms with Gasteiger partial charge in [-0.05, 0) is 89.1 Å². The van der Waals surface area contributed by atoms with Crippen molar-refractivity contribution in [1.29, 1.82) is 0 Å². The highest BCUT2D eigenvalue weighted by Crippen LogP contribution is 2.43. The Hall–Kier alpha value is -2.43. The molecule has 2 aromatic rings. The first-order valence-corrected chi connectivity index (χ1v) is 24.8. The Morgan fingerprint density at radius 2 is 1.14 bits per heavy atom. The third-order valence-corrected chi connectivity index (χ3v) is 12.1. The number of ether oxygens (including phenoxy) is 2. The molecule has 0 aromatic carbocycles. The summed E-state index contributed by atoms with van der Waals surface area (Å²) in [5.41, 5.74) is 3.91. The lowest BCUT2D eigenvalue weighted by atomic mass is 10.0. The van der Waals surface area contributed by atoms with Gasteiger partial charge >= 0.3 is 19.8 Å². The molecule has 1 unspecified atom stereocenters. The zero-order valence-electron chi connectivity index (χ0n) is 37.9. The van der Waals surface area contributed by atoms with Gasteiger partial charge in [0.25, 0.3) is 0 Å². The third kappa shape index (κ3) is 24.6. The molecule has 0 aliphatic carbocycles. The van der Waals surface area contributed by atoms with Gasteiger partial charge in [-0.2, -0.15) is 0 Å². The predicted molar refractivity (Wildman–Crippen MR) is 236 cm³/mol. The number of carbonyl (C=O) groups is 2. The Bertz CT molecular complexity index is 1450. The molecular weight excluding hydrogens is 769 g/mol. The van der Waals surface area contributed by atoms with Gasteiger partial charge in [-0.3, -0.25) is 18.6 Å². The van der Waals surface area contributed by atoms with Gasteiger partial charge in [0.05, 0.1) is 13.2 Å². The molecule has 2 N–H and O–H groups in total. The number of furan rings is 2. The van der Waals surface area contributed by atoms with E-state index in [2.05, 4.69) is 46.0 Å². The summed E-state index contributed by atoms with van der Waals surface area (Å²) in [6.45, 7) is 10.6. The van der Waals surface area contributed by atoms with Crippen LogP contribution >= 0.6 is 7.82 Å². The Balaban J connectivity index is 1.61. The Morgan fingerprint density at radius 3 is 1.69 bits per heavy atom. The van der Waals surface area contributed by atoms with Crippen molar-refractivity contribution in [3.8, 4) is 0 Å². The van der Waals surface area contributed by atoms with Crippen LogP contribution in [-0.2, 0) is 58.4 Å². The number of unbranched alkanes of at least 4 members (excludes halogenated alkanes) is 16. The van der Waals surface area contributed by atoms with E-state index in [1.165, 1.54) is 80.2 Å². The van der Waals surface area contributed by atoms with Gasteiger partial charge in [-0.25, -0.2) is 4.57 Å². The van der Waals surface area contributed by atoms with Crippen molar-refractivity contribution in [2.45, 2.75) is 208 Å². The molecule has 0 spiro atoms. The lowest BCUT2D eigenvalue weighted by molar-refractivity contribution is -0.161. The number of phosphoric acid groups is 1. The number of esters is 2. The SMILES string of the molecule is CCCCCc1cc(C)c(CCCCCCCCC(=O)O[C@H](COC(=O)CCCCCCCCCCc2oc(CCCCC)c(C)c2C)COP(=O)(O)OCCNC)o1. The van der Waals surface area contributed by atoms with Crippen molar-refractivity contribution in [3.63, 3.8) is 0 Å². The van der Waals surface area contributed by atoms with E-state index in [0.717, 1.165) is 101 Å². The van der Waals surface area contributed by atoms with E-state index in [1.807, 2.05) is 0 Å². The molecule has 0 saturated carbocycles. The zero-order valence-corrected chi connectivity index (χ0v) is 38.8. The second-order valence-electron chi connectivity index (χ2n) is 16.4. The van der Waals surface area contributed by atoms with Crippen LogP contribution in [0.1, 0.15) is 195 Å². The number of rotatable bonds is 38. The molecule has 0 aliphatic rings. The molecule has 2 atom stereocenters. The van der Waals surface area contributed by atoms with E-state index >= 15 is 0 Å². The summed E-state index contributed by atoms with van der Waals surface area (Å²) < 4.78 is 45.7. The molecule has 2 aromatic heterocycles. The number of likely N-dealkylation sites (N-methyl/N-ethyl adjacent to an activating group) is 1. The Kier molecular flexibility index (Phi) is 28.9. The number of carbonyl (C=O) groups excluding carboxylic acids is 2. The van der Waals surface area contributed by atoms with Crippen molar-refractivity contribution in [3.05, 3.63) is 45.8 Å². The van der Waals surface area contributed by atoms with E-state index in [1.54, 1.807) is 7.05 Å². The van der Waals surface area contributed by atoms with Crippen molar-refractivity contribution in [2.75, 3.05) is 33.4 Å². The fraction of sp³-hybridized carbons (Fsp3) is 0.787. The molecule has 0 saturated heterocycles. The van der Waals surface area contributed by atoms with Crippen LogP contribution < -0.4 is 5.32 Å². The summed E-state index contributed by atoms with van der Waals surface area (Å²) in [6, 6.07) is 2.19. The van der Waals surface area contributed by atoms with Crippen LogP contribution in [0.2, 0.25) is 0 Å². The number of phosphoric ester groups is 1. The van der Waals surface area contributed by atoms with E-state index in [4.69, 9.17) is 27.4 Å². The van der Waals surface area contributed by atoms with E-state index in [0.29, 0.717) is 19.4 Å². The highest BCUT2D eigenvalue weighted by atomic mass is 31.2. The Morgan fingerprint density at radius 1 is 0.644 bits per heavy atom. The first-order valence-electron chi connectivity index (χ1n) is 23.3. The average Bonchev–Trinajstić information content (AvgIpc) is 3.70. The van der Waals surface area contributed by atoms with Crippen LogP contribution in [0.3, 0.4) is 0 Å². The summed E-state index contributed by atoms with van der Waals surface area (Å²) in [7, 11) is -2.68. The quantitative estimate of drug-likeness (QED) is 0.0378. The number of nitrogens with one attached hydrogen (secondary N) is 1. The monoisotopic (exact) mass is 852 g/mol. The van der Waals surface area contributed by atoms with Crippen molar-refractivity contribution < 1.29 is 46.4 Å². The second kappa shape index (κ2) is 32.3. The molecule has 0 radical (unpaired) electrons. The van der Waals surface area contributed by atoms with Gasteiger partial charge in [0, 0.05) is 45.1 Å². The Labute approximate surface area is 357 Å². The maximum absolute atomic E-state index is 12.7. The normalized spacial score (nSPS) is 13.1. The van der Waals surface area contributed by atoms with E-state index < -0.39 is 32.5 Å². The summed E-state index contributed by atoms with van der Waals surface area (Å²) in [5.74, 6) is 3.70. The molecule has 0 bridgehead atoms. The van der Waals surface area contributed by atoms with Crippen LogP contribution in [0.4, 0.5) is 0 Å². The van der Waals surface area contributed by atoms with Gasteiger partial charge in [-0.1, -0.05) is 104 Å². The van der Waals surface area contributed by atoms with Crippen LogP contribution in [0.15, 0.2) is 14.9 Å². The number of aryl methyl sites for hydroxylation is 5. The fourth-order valence-corrected chi connectivity index (χ4v) is 7.97. The molecular formula is C47H82NO10P. The lowest BCUT2D eigenvalue weighted by Crippen LogP contribution is -2.29. The number of hydrogen-bond donors (Lipinski definition) is 2. The molecule has 12 heteroatoms. The molecule has 0 fully saturated rings. The zero-order chi connectivity index (χ0) is 43.1. The molecule has 0 amide bonds. The van der Waals surface area contributed by atoms with Crippen molar-refractivity contribution in [2.24, 2.45) is 0 Å². The summed E-state index contributed by atoms with van der Waals surface area (Å²) in [5, 5.41) is 2.82. The molecule has 2 heterocycles. The van der Waals surface area contributed by atoms with E-state index in [-0.39, 0.29) is 26.1 Å². The maximum Gasteiger partial charge on any atom is 0.472 e. The summed E-state index contributed by atoms with van der Waals surface area (Å²) in [6.07, 6.45) is 25.1. The second-order valence-corrected chi connectivity index (χ2v) is 17.8. The third-order valence-electron chi connectivity index (χ3n) is 11.1. The highest BCUT2D eigenvalue weighted by molar-refractivity contribution is 7.47. The molecule has 340 valence electrons. The topological polar surface area (TPSA) is 147 Å². The maximum atomic E-state index is 12.7. The minimum atomic E-state index is -4.38. The van der Waals surface area contributed by atoms with Crippen LogP contribution in [-0.4, -0.2) is 56.3 Å². The molecule has 59 heavy (non-hydrogen) atoms. The van der Waals surface area contributed by atoms with Crippen LogP contribution in [0.25, 0.3) is 0 Å². The van der Waals surface area contributed by atoms with Crippen LogP contribution in [0, 0.1) is 20.8 Å². The van der Waals surface area contributed by atoms with Gasteiger partial charge < -0.3 is 28.5 Å². The standard InChI is InChI=1S/C47H82NO10P/c1-7-9-21-27-41-35-38(3)43(56-41)28-23-17-15-16-20-26-32-47(50)57-42(37-55-59(51,52)54-34-33-48-6)36-53-46(49)31-25-19-14-12-11-13-18-24-30-45-40(5)39(4)44(58-45)29-22-10-8-2/h35,42,48H,7-34,36-37H2,1-6H3,(H,51,52)/t42-/m1/s1. The summed E-state index contributed by atoms with van der Waals surface area (Å²) in [4.78, 5) is 35.3. The molecule has 0 aliphatic heterocycles. The fourth-order valence-electron chi connectivity index (χ4n) is 7.22. The van der Waals surface area contributed by atoms with Gasteiger partial charge in [0.1, 0.15) is 29.6 Å². The lowest BCUT2D eigenvalue weighted by Gasteiger charge is -2.20. The molecule has 2 rings (SSSR count). The van der Waals surface area contributed by atoms with Crippen LogP contribution in [0.5, 0.6) is 0 Å². The minimum absolute atomic E-state index is 0.0302. The van der Waals surface area contributed by atoms with Gasteiger partial charge in [0.2, 0.25) is 0 Å². The average molecular weight is 852 g/mol. The number of hydrogen-bond acceptors (Lipinski definition) is 10. The van der Waals surface area contributed by atoms with Crippen molar-refractivity contribution in [1.82, 2.24) is 5.32 Å². The highest BCUT2D eigenvalue weighted by Gasteiger charge is 2.26.